The monoisotopic (exact) mass is 302 g/mol. The molecule has 1 aliphatic heterocycles. The van der Waals surface area contributed by atoms with Crippen molar-refractivity contribution in [3.05, 3.63) is 0 Å². The summed E-state index contributed by atoms with van der Waals surface area (Å²) in [5.41, 5.74) is 2.72. The molecule has 0 aromatic carbocycles. The Morgan fingerprint density at radius 3 is 2.56 bits per heavy atom. The van der Waals surface area contributed by atoms with Crippen LogP contribution >= 0.6 is 23.5 Å². The minimum Gasteiger partial charge on any atom is -0.271 e. The van der Waals surface area contributed by atoms with Gasteiger partial charge in [-0.05, 0) is 19.3 Å². The molecule has 0 aromatic rings. The zero-order chi connectivity index (χ0) is 13.6. The van der Waals surface area contributed by atoms with E-state index in [9.17, 15) is 13.2 Å². The maximum Gasteiger partial charge on any atom is 0.389 e. The van der Waals surface area contributed by atoms with Crippen molar-refractivity contribution >= 4 is 23.5 Å². The van der Waals surface area contributed by atoms with E-state index in [1.807, 2.05) is 23.5 Å². The predicted molar refractivity (Wildman–Crippen MR) is 73.8 cm³/mol. The average Bonchev–Trinajstić information content (AvgIpc) is 2.33. The lowest BCUT2D eigenvalue weighted by Gasteiger charge is -2.35. The number of nitrogens with one attached hydrogen (secondary N) is 1. The highest BCUT2D eigenvalue weighted by atomic mass is 32.2. The molecule has 0 aliphatic carbocycles. The zero-order valence-electron chi connectivity index (χ0n) is 10.5. The van der Waals surface area contributed by atoms with Crippen molar-refractivity contribution in [3.63, 3.8) is 0 Å². The van der Waals surface area contributed by atoms with Gasteiger partial charge in [-0.3, -0.25) is 11.3 Å². The maximum absolute atomic E-state index is 12.1. The van der Waals surface area contributed by atoms with Crippen LogP contribution in [0.2, 0.25) is 0 Å². The van der Waals surface area contributed by atoms with Crippen LogP contribution in [0.15, 0.2) is 0 Å². The lowest BCUT2D eigenvalue weighted by molar-refractivity contribution is -0.135. The summed E-state index contributed by atoms with van der Waals surface area (Å²) in [7, 11) is 0. The molecule has 0 spiro atoms. The Kier molecular flexibility index (Phi) is 7.20. The Labute approximate surface area is 115 Å². The molecule has 1 heterocycles. The SMILES string of the molecule is CCC1SCCSC1C(CCCC(F)(F)F)NN. The molecule has 18 heavy (non-hydrogen) atoms. The van der Waals surface area contributed by atoms with Gasteiger partial charge in [-0.1, -0.05) is 6.92 Å². The van der Waals surface area contributed by atoms with Gasteiger partial charge in [0, 0.05) is 34.5 Å². The fourth-order valence-corrected chi connectivity index (χ4v) is 5.46. The summed E-state index contributed by atoms with van der Waals surface area (Å²) in [4.78, 5) is 0. The van der Waals surface area contributed by atoms with Crippen LogP contribution in [-0.2, 0) is 0 Å². The highest BCUT2D eigenvalue weighted by molar-refractivity contribution is 8.07. The topological polar surface area (TPSA) is 38.0 Å². The molecule has 0 aromatic heterocycles. The number of hydrazine groups is 1. The molecule has 0 saturated carbocycles. The fraction of sp³-hybridized carbons (Fsp3) is 1.00. The molecule has 0 radical (unpaired) electrons. The van der Waals surface area contributed by atoms with E-state index in [1.165, 1.54) is 0 Å². The van der Waals surface area contributed by atoms with Crippen molar-refractivity contribution in [2.75, 3.05) is 11.5 Å². The van der Waals surface area contributed by atoms with Gasteiger partial charge in [-0.2, -0.15) is 36.7 Å². The molecule has 3 unspecified atom stereocenters. The van der Waals surface area contributed by atoms with E-state index < -0.39 is 12.6 Å². The third-order valence-electron chi connectivity index (χ3n) is 3.08. The van der Waals surface area contributed by atoms with Crippen LogP contribution in [0.5, 0.6) is 0 Å². The normalized spacial score (nSPS) is 27.2. The van der Waals surface area contributed by atoms with Crippen LogP contribution in [0.3, 0.4) is 0 Å². The van der Waals surface area contributed by atoms with Crippen LogP contribution in [0.4, 0.5) is 13.2 Å². The zero-order valence-corrected chi connectivity index (χ0v) is 12.1. The number of halogens is 3. The van der Waals surface area contributed by atoms with E-state index in [0.29, 0.717) is 16.9 Å². The van der Waals surface area contributed by atoms with E-state index in [1.54, 1.807) is 0 Å². The van der Waals surface area contributed by atoms with Crippen molar-refractivity contribution in [2.24, 2.45) is 5.84 Å². The van der Waals surface area contributed by atoms with Crippen molar-refractivity contribution in [3.8, 4) is 0 Å². The van der Waals surface area contributed by atoms with Gasteiger partial charge in [0.15, 0.2) is 0 Å². The van der Waals surface area contributed by atoms with Crippen molar-refractivity contribution in [2.45, 2.75) is 55.3 Å². The third kappa shape index (κ3) is 5.59. The fourth-order valence-electron chi connectivity index (χ4n) is 2.18. The first-order chi connectivity index (χ1) is 8.48. The summed E-state index contributed by atoms with van der Waals surface area (Å²) in [6.07, 6.45) is -3.09. The molecular formula is C11H21F3N2S2. The number of hydrogen-bond acceptors (Lipinski definition) is 4. The molecule has 3 N–H and O–H groups in total. The molecule has 108 valence electrons. The van der Waals surface area contributed by atoms with Gasteiger partial charge in [-0.25, -0.2) is 0 Å². The molecule has 1 rings (SSSR count). The quantitative estimate of drug-likeness (QED) is 0.584. The predicted octanol–water partition coefficient (Wildman–Crippen LogP) is 3.18. The Morgan fingerprint density at radius 2 is 2.00 bits per heavy atom. The number of alkyl halides is 3. The number of nitrogens with two attached hydrogens (primary N) is 1. The number of rotatable bonds is 6. The minimum absolute atomic E-state index is 0.0184. The van der Waals surface area contributed by atoms with Gasteiger partial charge in [0.1, 0.15) is 0 Å². The summed E-state index contributed by atoms with van der Waals surface area (Å²) in [6, 6.07) is -0.0184. The van der Waals surface area contributed by atoms with Gasteiger partial charge in [0.05, 0.1) is 0 Å². The molecule has 7 heteroatoms. The summed E-state index contributed by atoms with van der Waals surface area (Å²) in [5.74, 6) is 7.70. The van der Waals surface area contributed by atoms with Gasteiger partial charge >= 0.3 is 6.18 Å². The molecule has 1 fully saturated rings. The van der Waals surface area contributed by atoms with Crippen LogP contribution in [0.1, 0.15) is 32.6 Å². The Morgan fingerprint density at radius 1 is 1.33 bits per heavy atom. The molecular weight excluding hydrogens is 281 g/mol. The van der Waals surface area contributed by atoms with Crippen LogP contribution in [-0.4, -0.2) is 34.2 Å². The van der Waals surface area contributed by atoms with E-state index >= 15 is 0 Å². The lowest BCUT2D eigenvalue weighted by atomic mass is 10.0. The summed E-state index contributed by atoms with van der Waals surface area (Å²) >= 11 is 3.76. The third-order valence-corrected chi connectivity index (χ3v) is 6.49. The lowest BCUT2D eigenvalue weighted by Crippen LogP contribution is -2.48. The molecule has 1 aliphatic rings. The molecule has 1 saturated heterocycles. The van der Waals surface area contributed by atoms with Gasteiger partial charge in [0.25, 0.3) is 0 Å². The van der Waals surface area contributed by atoms with Crippen molar-refractivity contribution in [1.29, 1.82) is 0 Å². The first-order valence-corrected chi connectivity index (χ1v) is 8.33. The van der Waals surface area contributed by atoms with E-state index in [-0.39, 0.29) is 12.5 Å². The highest BCUT2D eigenvalue weighted by Gasteiger charge is 2.33. The van der Waals surface area contributed by atoms with Gasteiger partial charge in [-0.15, -0.1) is 0 Å². The second-order valence-electron chi connectivity index (χ2n) is 4.43. The average molecular weight is 302 g/mol. The smallest absolute Gasteiger partial charge is 0.271 e. The van der Waals surface area contributed by atoms with Gasteiger partial charge in [0.2, 0.25) is 0 Å². The molecule has 2 nitrogen and oxygen atoms in total. The van der Waals surface area contributed by atoms with E-state index in [0.717, 1.165) is 17.9 Å². The largest absolute Gasteiger partial charge is 0.389 e. The highest BCUT2D eigenvalue weighted by Crippen LogP contribution is 2.36. The Balaban J connectivity index is 2.43. The number of thioether (sulfide) groups is 2. The standard InChI is InChI=1S/C11H21F3N2S2/c1-2-9-10(18-7-6-17-9)8(16-15)4-3-5-11(12,13)14/h8-10,16H,2-7,15H2,1H3. The van der Waals surface area contributed by atoms with Gasteiger partial charge < -0.3 is 0 Å². The van der Waals surface area contributed by atoms with Crippen molar-refractivity contribution < 1.29 is 13.2 Å². The van der Waals surface area contributed by atoms with Crippen LogP contribution in [0, 0.1) is 0 Å². The Hall–Kier alpha value is 0.410. The van der Waals surface area contributed by atoms with Crippen LogP contribution in [0.25, 0.3) is 0 Å². The van der Waals surface area contributed by atoms with Crippen LogP contribution < -0.4 is 11.3 Å². The first-order valence-electron chi connectivity index (χ1n) is 6.24. The van der Waals surface area contributed by atoms with Crippen molar-refractivity contribution in [1.82, 2.24) is 5.43 Å². The summed E-state index contributed by atoms with van der Waals surface area (Å²) < 4.78 is 36.4. The van der Waals surface area contributed by atoms with E-state index in [4.69, 9.17) is 5.84 Å². The number of hydrogen-bond donors (Lipinski definition) is 2. The molecule has 0 bridgehead atoms. The maximum atomic E-state index is 12.1. The second kappa shape index (κ2) is 7.87. The summed E-state index contributed by atoms with van der Waals surface area (Å²) in [5, 5.41) is 0.822. The van der Waals surface area contributed by atoms with E-state index in [2.05, 4.69) is 12.3 Å². The molecule has 0 amide bonds. The minimum atomic E-state index is -4.06. The Bertz CT molecular complexity index is 239. The summed E-state index contributed by atoms with van der Waals surface area (Å²) in [6.45, 7) is 2.12. The molecule has 3 atom stereocenters. The second-order valence-corrected chi connectivity index (χ2v) is 7.07. The first kappa shape index (κ1) is 16.5.